The molecule has 1 amide bonds. The van der Waals surface area contributed by atoms with Crippen LogP contribution in [0.4, 0.5) is 4.39 Å². The molecule has 0 saturated carbocycles. The Kier molecular flexibility index (Phi) is 8.50. The van der Waals surface area contributed by atoms with E-state index in [0.29, 0.717) is 49.6 Å². The number of ether oxygens (including phenoxy) is 4. The third-order valence-electron chi connectivity index (χ3n) is 6.35. The molecule has 0 spiro atoms. The Morgan fingerprint density at radius 2 is 2.03 bits per heavy atom. The molecule has 1 N–H and O–H groups in total. The van der Waals surface area contributed by atoms with Gasteiger partial charge in [0.25, 0.3) is 5.91 Å². The molecule has 2 aromatic rings. The summed E-state index contributed by atoms with van der Waals surface area (Å²) in [4.78, 5) is 23.5. The number of pyridine rings is 1. The smallest absolute Gasteiger partial charge is 0.251 e. The van der Waals surface area contributed by atoms with Crippen LogP contribution in [0.15, 0.2) is 29.4 Å². The second kappa shape index (κ2) is 11.8. The molecule has 36 heavy (non-hydrogen) atoms. The predicted molar refractivity (Wildman–Crippen MR) is 130 cm³/mol. The van der Waals surface area contributed by atoms with Crippen molar-refractivity contribution in [3.63, 3.8) is 0 Å². The first-order valence-electron chi connectivity index (χ1n) is 12.0. The lowest BCUT2D eigenvalue weighted by Crippen LogP contribution is -2.44. The van der Waals surface area contributed by atoms with Crippen LogP contribution >= 0.6 is 0 Å². The van der Waals surface area contributed by atoms with Gasteiger partial charge >= 0.3 is 0 Å². The summed E-state index contributed by atoms with van der Waals surface area (Å²) in [5.41, 5.74) is 4.12. The Morgan fingerprint density at radius 3 is 2.72 bits per heavy atom. The maximum Gasteiger partial charge on any atom is 0.251 e. The molecule has 1 fully saturated rings. The first-order chi connectivity index (χ1) is 17.4. The molecule has 0 bridgehead atoms. The number of amides is 1. The Morgan fingerprint density at radius 1 is 1.19 bits per heavy atom. The quantitative estimate of drug-likeness (QED) is 0.564. The van der Waals surface area contributed by atoms with E-state index in [1.54, 1.807) is 25.3 Å². The van der Waals surface area contributed by atoms with Crippen LogP contribution in [0.1, 0.15) is 46.2 Å². The lowest BCUT2D eigenvalue weighted by atomic mass is 9.99. The van der Waals surface area contributed by atoms with E-state index in [2.05, 4.69) is 10.5 Å². The zero-order chi connectivity index (χ0) is 25.7. The van der Waals surface area contributed by atoms with Gasteiger partial charge < -0.3 is 29.1 Å². The Hall–Kier alpha value is -3.08. The first kappa shape index (κ1) is 26.0. The molecule has 2 aliphatic heterocycles. The number of aromatic nitrogens is 1. The van der Waals surface area contributed by atoms with Crippen molar-refractivity contribution in [2.45, 2.75) is 51.5 Å². The Bertz CT molecular complexity index is 1120. The van der Waals surface area contributed by atoms with Gasteiger partial charge in [0.2, 0.25) is 0 Å². The van der Waals surface area contributed by atoms with Crippen LogP contribution in [-0.2, 0) is 32.0 Å². The molecule has 4 rings (SSSR count). The van der Waals surface area contributed by atoms with E-state index in [-0.39, 0.29) is 36.5 Å². The number of benzene rings is 1. The summed E-state index contributed by atoms with van der Waals surface area (Å²) in [7, 11) is 3.03. The number of hydrogen-bond donors (Lipinski definition) is 1. The summed E-state index contributed by atoms with van der Waals surface area (Å²) >= 11 is 0. The molecule has 10 heteroatoms. The van der Waals surface area contributed by atoms with Crippen LogP contribution in [0.5, 0.6) is 5.75 Å². The van der Waals surface area contributed by atoms with Gasteiger partial charge in [-0.2, -0.15) is 0 Å². The zero-order valence-corrected chi connectivity index (χ0v) is 21.0. The zero-order valence-electron chi connectivity index (χ0n) is 21.0. The van der Waals surface area contributed by atoms with Gasteiger partial charge in [0.1, 0.15) is 17.9 Å². The van der Waals surface area contributed by atoms with Gasteiger partial charge in [0.05, 0.1) is 32.6 Å². The fourth-order valence-electron chi connectivity index (χ4n) is 4.39. The average molecular weight is 502 g/mol. The molecule has 0 aliphatic carbocycles. The third kappa shape index (κ3) is 5.83. The SMILES string of the molecule is CCc1c(C(=O)NCc2ccc(F)c(OC)c2)cc(C2=NOC(C3COC(COC)CO3)C2)nc1C. The molecule has 3 atom stereocenters. The largest absolute Gasteiger partial charge is 0.494 e. The molecule has 0 radical (unpaired) electrons. The summed E-state index contributed by atoms with van der Waals surface area (Å²) < 4.78 is 35.5. The van der Waals surface area contributed by atoms with E-state index in [4.69, 9.17) is 28.8 Å². The number of rotatable bonds is 9. The molecule has 3 heterocycles. The molecular weight excluding hydrogens is 469 g/mol. The second-order valence-corrected chi connectivity index (χ2v) is 8.79. The van der Waals surface area contributed by atoms with Crippen molar-refractivity contribution in [1.82, 2.24) is 10.3 Å². The standard InChI is InChI=1S/C26H32FN3O6/c1-5-18-15(2)29-21(22-10-24(36-30-22)25-14-34-17(12-32-3)13-35-25)9-19(18)26(31)28-11-16-6-7-20(27)23(8-16)33-4/h6-9,17,24-25H,5,10-14H2,1-4H3,(H,28,31). The van der Waals surface area contributed by atoms with E-state index >= 15 is 0 Å². The van der Waals surface area contributed by atoms with Crippen LogP contribution in [-0.4, -0.2) is 69.0 Å². The van der Waals surface area contributed by atoms with Crippen molar-refractivity contribution in [3.8, 4) is 5.75 Å². The van der Waals surface area contributed by atoms with E-state index in [0.717, 1.165) is 16.8 Å². The average Bonchev–Trinajstić information content (AvgIpc) is 3.38. The fourth-order valence-corrected chi connectivity index (χ4v) is 4.39. The van der Waals surface area contributed by atoms with E-state index < -0.39 is 5.82 Å². The lowest BCUT2D eigenvalue weighted by Gasteiger charge is -2.31. The summed E-state index contributed by atoms with van der Waals surface area (Å²) in [6, 6.07) is 6.25. The summed E-state index contributed by atoms with van der Waals surface area (Å²) in [5, 5.41) is 7.17. The minimum atomic E-state index is -0.451. The van der Waals surface area contributed by atoms with Crippen LogP contribution in [0.2, 0.25) is 0 Å². The first-order valence-corrected chi connectivity index (χ1v) is 12.0. The third-order valence-corrected chi connectivity index (χ3v) is 6.35. The highest BCUT2D eigenvalue weighted by atomic mass is 19.1. The van der Waals surface area contributed by atoms with Crippen molar-refractivity contribution >= 4 is 11.6 Å². The highest BCUT2D eigenvalue weighted by Gasteiger charge is 2.35. The molecule has 9 nitrogen and oxygen atoms in total. The maximum absolute atomic E-state index is 13.7. The minimum absolute atomic E-state index is 0.0870. The Balaban J connectivity index is 1.44. The van der Waals surface area contributed by atoms with E-state index in [1.165, 1.54) is 13.2 Å². The van der Waals surface area contributed by atoms with Crippen LogP contribution in [0, 0.1) is 12.7 Å². The molecular formula is C26H32FN3O6. The topological polar surface area (TPSA) is 101 Å². The lowest BCUT2D eigenvalue weighted by molar-refractivity contribution is -0.181. The van der Waals surface area contributed by atoms with Crippen molar-refractivity contribution in [2.75, 3.05) is 34.0 Å². The molecule has 1 aromatic carbocycles. The number of aryl methyl sites for hydroxylation is 1. The highest BCUT2D eigenvalue weighted by Crippen LogP contribution is 2.25. The number of hydrogen-bond acceptors (Lipinski definition) is 8. The number of nitrogens with one attached hydrogen (secondary N) is 1. The normalized spacial score (nSPS) is 21.6. The summed E-state index contributed by atoms with van der Waals surface area (Å²) in [5.74, 6) is -0.562. The van der Waals surface area contributed by atoms with Gasteiger partial charge in [0.15, 0.2) is 17.7 Å². The van der Waals surface area contributed by atoms with Crippen molar-refractivity contribution in [3.05, 3.63) is 58.2 Å². The number of oxime groups is 1. The Labute approximate surface area is 209 Å². The summed E-state index contributed by atoms with van der Waals surface area (Å²) in [6.07, 6.45) is 0.523. The molecule has 3 unspecified atom stereocenters. The van der Waals surface area contributed by atoms with Crippen LogP contribution in [0.3, 0.4) is 0 Å². The summed E-state index contributed by atoms with van der Waals surface area (Å²) in [6.45, 7) is 5.39. The number of carbonyl (C=O) groups excluding carboxylic acids is 1. The van der Waals surface area contributed by atoms with Gasteiger partial charge in [-0.05, 0) is 42.7 Å². The van der Waals surface area contributed by atoms with E-state index in [1.807, 2.05) is 13.8 Å². The highest BCUT2D eigenvalue weighted by molar-refractivity contribution is 6.03. The van der Waals surface area contributed by atoms with Gasteiger partial charge in [-0.1, -0.05) is 18.1 Å². The van der Waals surface area contributed by atoms with Crippen LogP contribution < -0.4 is 10.1 Å². The molecule has 194 valence electrons. The number of methoxy groups -OCH3 is 2. The van der Waals surface area contributed by atoms with E-state index in [9.17, 15) is 9.18 Å². The molecule has 1 saturated heterocycles. The maximum atomic E-state index is 13.7. The van der Waals surface area contributed by atoms with Gasteiger partial charge in [0, 0.05) is 31.3 Å². The number of halogens is 1. The molecule has 1 aromatic heterocycles. The van der Waals surface area contributed by atoms with Crippen molar-refractivity contribution < 1.29 is 33.0 Å². The number of carbonyl (C=O) groups is 1. The minimum Gasteiger partial charge on any atom is -0.494 e. The monoisotopic (exact) mass is 501 g/mol. The van der Waals surface area contributed by atoms with Gasteiger partial charge in [-0.15, -0.1) is 0 Å². The van der Waals surface area contributed by atoms with Crippen molar-refractivity contribution in [2.24, 2.45) is 5.16 Å². The van der Waals surface area contributed by atoms with Gasteiger partial charge in [-0.3, -0.25) is 9.78 Å². The predicted octanol–water partition coefficient (Wildman–Crippen LogP) is 2.95. The fraction of sp³-hybridized carbons (Fsp3) is 0.500. The van der Waals surface area contributed by atoms with Crippen LogP contribution in [0.25, 0.3) is 0 Å². The van der Waals surface area contributed by atoms with Crippen molar-refractivity contribution in [1.29, 1.82) is 0 Å². The second-order valence-electron chi connectivity index (χ2n) is 8.79. The number of nitrogens with zero attached hydrogens (tertiary/aromatic N) is 2. The molecule has 2 aliphatic rings. The van der Waals surface area contributed by atoms with Gasteiger partial charge in [-0.25, -0.2) is 4.39 Å².